The molecule has 0 aliphatic carbocycles. The van der Waals surface area contributed by atoms with Crippen molar-refractivity contribution in [1.29, 1.82) is 0 Å². The van der Waals surface area contributed by atoms with Crippen molar-refractivity contribution in [2.24, 2.45) is 0 Å². The van der Waals surface area contributed by atoms with Crippen LogP contribution in [0.2, 0.25) is 0 Å². The Hall–Kier alpha value is -2.37. The van der Waals surface area contributed by atoms with E-state index >= 15 is 0 Å². The molecule has 106 valence electrons. The van der Waals surface area contributed by atoms with E-state index in [0.717, 1.165) is 11.0 Å². The van der Waals surface area contributed by atoms with Crippen molar-refractivity contribution < 1.29 is 14.7 Å². The standard InChI is InChI=1S/C14H17N3O3/c1-2-16(8-7-14(19)20)13(18)9-17-10-15-11-5-3-4-6-12(11)17/h3-6,10H,2,7-9H2,1H3,(H,19,20). The summed E-state index contributed by atoms with van der Waals surface area (Å²) < 4.78 is 1.78. The zero-order chi connectivity index (χ0) is 14.5. The Bertz CT molecular complexity index is 621. The fraction of sp³-hybridized carbons (Fsp3) is 0.357. The molecule has 0 unspecified atom stereocenters. The van der Waals surface area contributed by atoms with Crippen LogP contribution in [0.5, 0.6) is 0 Å². The molecule has 1 amide bonds. The molecule has 6 heteroatoms. The molecule has 0 spiro atoms. The lowest BCUT2D eigenvalue weighted by molar-refractivity contribution is -0.138. The van der Waals surface area contributed by atoms with Crippen molar-refractivity contribution in [3.63, 3.8) is 0 Å². The van der Waals surface area contributed by atoms with Crippen LogP contribution in [0.15, 0.2) is 30.6 Å². The lowest BCUT2D eigenvalue weighted by Crippen LogP contribution is -2.35. The third-order valence-electron chi connectivity index (χ3n) is 3.16. The van der Waals surface area contributed by atoms with Gasteiger partial charge in [-0.25, -0.2) is 4.98 Å². The molecule has 1 aromatic heterocycles. The van der Waals surface area contributed by atoms with Crippen LogP contribution in [0.25, 0.3) is 11.0 Å². The number of carbonyl (C=O) groups excluding carboxylic acids is 1. The maximum absolute atomic E-state index is 12.2. The van der Waals surface area contributed by atoms with Crippen LogP contribution >= 0.6 is 0 Å². The molecule has 20 heavy (non-hydrogen) atoms. The van der Waals surface area contributed by atoms with Gasteiger partial charge in [0.1, 0.15) is 6.54 Å². The fourth-order valence-electron chi connectivity index (χ4n) is 2.07. The minimum Gasteiger partial charge on any atom is -0.481 e. The van der Waals surface area contributed by atoms with Gasteiger partial charge in [-0.1, -0.05) is 12.1 Å². The number of carboxylic acids is 1. The maximum Gasteiger partial charge on any atom is 0.305 e. The Morgan fingerprint density at radius 1 is 1.35 bits per heavy atom. The van der Waals surface area contributed by atoms with Gasteiger partial charge in [0.15, 0.2) is 0 Å². The van der Waals surface area contributed by atoms with E-state index in [9.17, 15) is 9.59 Å². The van der Waals surface area contributed by atoms with E-state index in [1.165, 1.54) is 0 Å². The third kappa shape index (κ3) is 3.14. The van der Waals surface area contributed by atoms with Crippen LogP contribution in [0.4, 0.5) is 0 Å². The van der Waals surface area contributed by atoms with E-state index in [-0.39, 0.29) is 25.4 Å². The van der Waals surface area contributed by atoms with Crippen LogP contribution in [0.3, 0.4) is 0 Å². The van der Waals surface area contributed by atoms with E-state index in [1.807, 2.05) is 31.2 Å². The Kier molecular flexibility index (Phi) is 4.34. The Morgan fingerprint density at radius 3 is 2.80 bits per heavy atom. The Balaban J connectivity index is 2.08. The molecular weight excluding hydrogens is 258 g/mol. The van der Waals surface area contributed by atoms with Gasteiger partial charge >= 0.3 is 5.97 Å². The molecule has 0 fully saturated rings. The number of carbonyl (C=O) groups is 2. The van der Waals surface area contributed by atoms with Gasteiger partial charge < -0.3 is 14.6 Å². The topological polar surface area (TPSA) is 75.4 Å². The quantitative estimate of drug-likeness (QED) is 0.863. The van der Waals surface area contributed by atoms with Crippen molar-refractivity contribution in [2.75, 3.05) is 13.1 Å². The number of carboxylic acid groups (broad SMARTS) is 1. The van der Waals surface area contributed by atoms with Gasteiger partial charge in [-0.2, -0.15) is 0 Å². The molecule has 0 radical (unpaired) electrons. The summed E-state index contributed by atoms with van der Waals surface area (Å²) in [5.41, 5.74) is 1.74. The molecule has 0 bridgehead atoms. The van der Waals surface area contributed by atoms with Crippen molar-refractivity contribution in [2.45, 2.75) is 19.9 Å². The van der Waals surface area contributed by atoms with Gasteiger partial charge in [-0.05, 0) is 19.1 Å². The van der Waals surface area contributed by atoms with Crippen molar-refractivity contribution in [1.82, 2.24) is 14.5 Å². The van der Waals surface area contributed by atoms with E-state index in [1.54, 1.807) is 15.8 Å². The van der Waals surface area contributed by atoms with Gasteiger partial charge in [0.25, 0.3) is 0 Å². The van der Waals surface area contributed by atoms with Gasteiger partial charge in [0.2, 0.25) is 5.91 Å². The lowest BCUT2D eigenvalue weighted by Gasteiger charge is -2.20. The summed E-state index contributed by atoms with van der Waals surface area (Å²) in [6.07, 6.45) is 1.60. The van der Waals surface area contributed by atoms with E-state index in [4.69, 9.17) is 5.11 Å². The number of imidazole rings is 1. The number of benzene rings is 1. The van der Waals surface area contributed by atoms with Crippen molar-refractivity contribution in [3.8, 4) is 0 Å². The number of aliphatic carboxylic acids is 1. The molecule has 2 rings (SSSR count). The average molecular weight is 275 g/mol. The number of fused-ring (bicyclic) bond motifs is 1. The second-order valence-corrected chi connectivity index (χ2v) is 4.48. The molecule has 6 nitrogen and oxygen atoms in total. The van der Waals surface area contributed by atoms with E-state index < -0.39 is 5.97 Å². The number of hydrogen-bond donors (Lipinski definition) is 1. The van der Waals surface area contributed by atoms with E-state index in [0.29, 0.717) is 6.54 Å². The predicted molar refractivity (Wildman–Crippen MR) is 74.2 cm³/mol. The van der Waals surface area contributed by atoms with Gasteiger partial charge in [-0.15, -0.1) is 0 Å². The molecule has 1 aromatic carbocycles. The second-order valence-electron chi connectivity index (χ2n) is 4.48. The summed E-state index contributed by atoms with van der Waals surface area (Å²) in [6, 6.07) is 7.58. The molecule has 0 atom stereocenters. The summed E-state index contributed by atoms with van der Waals surface area (Å²) in [5.74, 6) is -0.999. The highest BCUT2D eigenvalue weighted by Crippen LogP contribution is 2.12. The van der Waals surface area contributed by atoms with Crippen molar-refractivity contribution in [3.05, 3.63) is 30.6 Å². The molecule has 0 aliphatic rings. The van der Waals surface area contributed by atoms with Crippen molar-refractivity contribution >= 4 is 22.9 Å². The van der Waals surface area contributed by atoms with Crippen LogP contribution in [0, 0.1) is 0 Å². The zero-order valence-corrected chi connectivity index (χ0v) is 11.3. The number of nitrogens with zero attached hydrogens (tertiary/aromatic N) is 3. The minimum absolute atomic E-state index is 0.0374. The molecule has 1 heterocycles. The van der Waals surface area contributed by atoms with Crippen LogP contribution in [-0.2, 0) is 16.1 Å². The molecule has 1 N–H and O–H groups in total. The third-order valence-corrected chi connectivity index (χ3v) is 3.16. The van der Waals surface area contributed by atoms with Gasteiger partial charge in [-0.3, -0.25) is 9.59 Å². The summed E-state index contributed by atoms with van der Waals surface area (Å²) in [5, 5.41) is 8.68. The van der Waals surface area contributed by atoms with E-state index in [2.05, 4.69) is 4.98 Å². The number of para-hydroxylation sites is 2. The first kappa shape index (κ1) is 14.0. The highest BCUT2D eigenvalue weighted by atomic mass is 16.4. The lowest BCUT2D eigenvalue weighted by atomic mass is 10.3. The number of aromatic nitrogens is 2. The number of rotatable bonds is 6. The maximum atomic E-state index is 12.2. The second kappa shape index (κ2) is 6.18. The first-order chi connectivity index (χ1) is 9.61. The molecule has 0 saturated heterocycles. The Labute approximate surface area is 116 Å². The summed E-state index contributed by atoms with van der Waals surface area (Å²) >= 11 is 0. The number of hydrogen-bond acceptors (Lipinski definition) is 3. The first-order valence-corrected chi connectivity index (χ1v) is 6.51. The van der Waals surface area contributed by atoms with Gasteiger partial charge in [0.05, 0.1) is 23.8 Å². The largest absolute Gasteiger partial charge is 0.481 e. The summed E-state index contributed by atoms with van der Waals surface area (Å²) in [4.78, 5) is 28.5. The molecule has 0 saturated carbocycles. The Morgan fingerprint density at radius 2 is 2.10 bits per heavy atom. The zero-order valence-electron chi connectivity index (χ0n) is 11.3. The monoisotopic (exact) mass is 275 g/mol. The predicted octanol–water partition coefficient (Wildman–Crippen LogP) is 1.36. The van der Waals surface area contributed by atoms with Crippen LogP contribution in [0.1, 0.15) is 13.3 Å². The smallest absolute Gasteiger partial charge is 0.305 e. The van der Waals surface area contributed by atoms with Gasteiger partial charge in [0, 0.05) is 13.1 Å². The number of likely N-dealkylation sites (N-methyl/N-ethyl adjacent to an activating group) is 1. The first-order valence-electron chi connectivity index (χ1n) is 6.51. The highest BCUT2D eigenvalue weighted by molar-refractivity contribution is 5.80. The minimum atomic E-state index is -0.899. The SMILES string of the molecule is CCN(CCC(=O)O)C(=O)Cn1cnc2ccccc21. The molecule has 2 aromatic rings. The fourth-order valence-corrected chi connectivity index (χ4v) is 2.07. The van der Waals surface area contributed by atoms with Crippen LogP contribution < -0.4 is 0 Å². The van der Waals surface area contributed by atoms with Crippen LogP contribution in [-0.4, -0.2) is 44.5 Å². The molecular formula is C14H17N3O3. The summed E-state index contributed by atoms with van der Waals surface area (Å²) in [7, 11) is 0. The highest BCUT2D eigenvalue weighted by Gasteiger charge is 2.14. The average Bonchev–Trinajstić information content (AvgIpc) is 2.83. The molecule has 0 aliphatic heterocycles. The normalized spacial score (nSPS) is 10.7. The summed E-state index contributed by atoms with van der Waals surface area (Å²) in [6.45, 7) is 2.75. The number of amides is 1.